The average molecular weight is 279 g/mol. The molecule has 4 nitrogen and oxygen atoms in total. The molecule has 1 saturated carbocycles. The largest absolute Gasteiger partial charge is 0.497 e. The summed E-state index contributed by atoms with van der Waals surface area (Å²) in [6.07, 6.45) is 3.57. The third-order valence-electron chi connectivity index (χ3n) is 4.09. The molecule has 3 atom stereocenters. The number of aliphatic hydroxyl groups is 2. The Morgan fingerprint density at radius 1 is 1.35 bits per heavy atom. The van der Waals surface area contributed by atoms with E-state index in [2.05, 4.69) is 5.32 Å². The van der Waals surface area contributed by atoms with Crippen molar-refractivity contribution < 1.29 is 14.9 Å². The van der Waals surface area contributed by atoms with Crippen molar-refractivity contribution in [2.24, 2.45) is 5.92 Å². The maximum Gasteiger partial charge on any atom is 0.119 e. The molecule has 3 unspecified atom stereocenters. The van der Waals surface area contributed by atoms with Crippen molar-refractivity contribution in [1.29, 1.82) is 0 Å². The van der Waals surface area contributed by atoms with Crippen molar-refractivity contribution in [3.05, 3.63) is 29.8 Å². The van der Waals surface area contributed by atoms with Crippen molar-refractivity contribution in [2.75, 3.05) is 20.2 Å². The van der Waals surface area contributed by atoms with Gasteiger partial charge in [-0.2, -0.15) is 0 Å². The maximum atomic E-state index is 10.2. The molecule has 2 rings (SSSR count). The molecule has 1 aliphatic rings. The van der Waals surface area contributed by atoms with Crippen LogP contribution < -0.4 is 10.1 Å². The molecule has 112 valence electrons. The van der Waals surface area contributed by atoms with Gasteiger partial charge in [-0.05, 0) is 36.5 Å². The highest BCUT2D eigenvalue weighted by Crippen LogP contribution is 2.24. The number of benzene rings is 1. The molecule has 0 bridgehead atoms. The minimum absolute atomic E-state index is 0.190. The molecule has 1 fully saturated rings. The van der Waals surface area contributed by atoms with Crippen LogP contribution in [0.2, 0.25) is 0 Å². The first-order valence-electron chi connectivity index (χ1n) is 7.41. The normalized spacial score (nSPS) is 24.4. The number of methoxy groups -OCH3 is 1. The zero-order valence-corrected chi connectivity index (χ0v) is 12.1. The van der Waals surface area contributed by atoms with Gasteiger partial charge in [-0.15, -0.1) is 0 Å². The molecular formula is C16H25NO3. The Labute approximate surface area is 120 Å². The SMILES string of the molecule is COc1cccc(C(O)CNCC2CCCCC2O)c1. The fourth-order valence-electron chi connectivity index (χ4n) is 2.80. The molecule has 0 aliphatic heterocycles. The van der Waals surface area contributed by atoms with Gasteiger partial charge in [0.25, 0.3) is 0 Å². The zero-order chi connectivity index (χ0) is 14.4. The van der Waals surface area contributed by atoms with Crippen molar-refractivity contribution in [3.63, 3.8) is 0 Å². The average Bonchev–Trinajstić information content (AvgIpc) is 2.49. The fourth-order valence-corrected chi connectivity index (χ4v) is 2.80. The summed E-state index contributed by atoms with van der Waals surface area (Å²) in [6, 6.07) is 7.48. The van der Waals surface area contributed by atoms with Crippen molar-refractivity contribution in [1.82, 2.24) is 5.32 Å². The van der Waals surface area contributed by atoms with Crippen LogP contribution in [0.4, 0.5) is 0 Å². The molecule has 1 aromatic rings. The second-order valence-electron chi connectivity index (χ2n) is 5.56. The van der Waals surface area contributed by atoms with E-state index in [0.717, 1.165) is 37.1 Å². The summed E-state index contributed by atoms with van der Waals surface area (Å²) >= 11 is 0. The smallest absolute Gasteiger partial charge is 0.119 e. The molecule has 1 aromatic carbocycles. The van der Waals surface area contributed by atoms with E-state index in [9.17, 15) is 10.2 Å². The van der Waals surface area contributed by atoms with Crippen LogP contribution in [0.1, 0.15) is 37.4 Å². The van der Waals surface area contributed by atoms with Crippen molar-refractivity contribution in [2.45, 2.75) is 37.9 Å². The second-order valence-corrected chi connectivity index (χ2v) is 5.56. The van der Waals surface area contributed by atoms with Gasteiger partial charge in [-0.3, -0.25) is 0 Å². The summed E-state index contributed by atoms with van der Waals surface area (Å²) in [4.78, 5) is 0. The lowest BCUT2D eigenvalue weighted by atomic mass is 9.86. The Kier molecular flexibility index (Phi) is 5.83. The molecule has 1 aliphatic carbocycles. The van der Waals surface area contributed by atoms with Crippen LogP contribution in [0.15, 0.2) is 24.3 Å². The van der Waals surface area contributed by atoms with Crippen LogP contribution in [0.3, 0.4) is 0 Å². The van der Waals surface area contributed by atoms with E-state index in [1.807, 2.05) is 24.3 Å². The summed E-state index contributed by atoms with van der Waals surface area (Å²) < 4.78 is 5.15. The summed E-state index contributed by atoms with van der Waals surface area (Å²) in [6.45, 7) is 1.26. The number of aliphatic hydroxyl groups excluding tert-OH is 2. The Morgan fingerprint density at radius 3 is 2.90 bits per heavy atom. The summed E-state index contributed by atoms with van der Waals surface area (Å²) in [5, 5.41) is 23.3. The van der Waals surface area contributed by atoms with E-state index in [1.165, 1.54) is 6.42 Å². The monoisotopic (exact) mass is 279 g/mol. The Hall–Kier alpha value is -1.10. The topological polar surface area (TPSA) is 61.7 Å². The molecule has 0 amide bonds. The van der Waals surface area contributed by atoms with E-state index >= 15 is 0 Å². The lowest BCUT2D eigenvalue weighted by Crippen LogP contribution is -2.35. The van der Waals surface area contributed by atoms with Gasteiger partial charge in [0.2, 0.25) is 0 Å². The molecule has 0 spiro atoms. The third kappa shape index (κ3) is 4.20. The van der Waals surface area contributed by atoms with Crippen LogP contribution in [0.25, 0.3) is 0 Å². The Bertz CT molecular complexity index is 410. The van der Waals surface area contributed by atoms with E-state index in [1.54, 1.807) is 7.11 Å². The number of rotatable bonds is 6. The first kappa shape index (κ1) is 15.3. The molecule has 0 aromatic heterocycles. The maximum absolute atomic E-state index is 10.2. The molecular weight excluding hydrogens is 254 g/mol. The highest BCUT2D eigenvalue weighted by atomic mass is 16.5. The van der Waals surface area contributed by atoms with Gasteiger partial charge >= 0.3 is 0 Å². The highest BCUT2D eigenvalue weighted by Gasteiger charge is 2.22. The van der Waals surface area contributed by atoms with E-state index in [-0.39, 0.29) is 6.10 Å². The number of hydrogen-bond acceptors (Lipinski definition) is 4. The fraction of sp³-hybridized carbons (Fsp3) is 0.625. The standard InChI is InChI=1S/C16H25NO3/c1-20-14-7-4-6-12(9-14)16(19)11-17-10-13-5-2-3-8-15(13)18/h4,6-7,9,13,15-19H,2-3,5,8,10-11H2,1H3. The van der Waals surface area contributed by atoms with Gasteiger partial charge in [0.15, 0.2) is 0 Å². The Balaban J connectivity index is 1.78. The minimum atomic E-state index is -0.550. The lowest BCUT2D eigenvalue weighted by Gasteiger charge is -2.28. The van der Waals surface area contributed by atoms with Crippen molar-refractivity contribution in [3.8, 4) is 5.75 Å². The van der Waals surface area contributed by atoms with Crippen LogP contribution in [-0.2, 0) is 0 Å². The quantitative estimate of drug-likeness (QED) is 0.744. The summed E-state index contributed by atoms with van der Waals surface area (Å²) in [5.74, 6) is 1.07. The van der Waals surface area contributed by atoms with Crippen LogP contribution in [-0.4, -0.2) is 36.5 Å². The third-order valence-corrected chi connectivity index (χ3v) is 4.09. The molecule has 0 radical (unpaired) electrons. The predicted molar refractivity (Wildman–Crippen MR) is 78.8 cm³/mol. The molecule has 3 N–H and O–H groups in total. The molecule has 0 heterocycles. The van der Waals surface area contributed by atoms with Gasteiger partial charge in [0.1, 0.15) is 5.75 Å². The van der Waals surface area contributed by atoms with E-state index < -0.39 is 6.10 Å². The van der Waals surface area contributed by atoms with E-state index in [0.29, 0.717) is 12.5 Å². The number of ether oxygens (including phenoxy) is 1. The summed E-state index contributed by atoms with van der Waals surface area (Å²) in [7, 11) is 1.62. The van der Waals surface area contributed by atoms with Crippen LogP contribution >= 0.6 is 0 Å². The van der Waals surface area contributed by atoms with E-state index in [4.69, 9.17) is 4.74 Å². The van der Waals surface area contributed by atoms with Crippen molar-refractivity contribution >= 4 is 0 Å². The lowest BCUT2D eigenvalue weighted by molar-refractivity contribution is 0.0669. The van der Waals surface area contributed by atoms with Gasteiger partial charge in [0, 0.05) is 13.1 Å². The molecule has 4 heteroatoms. The van der Waals surface area contributed by atoms with Gasteiger partial charge in [-0.1, -0.05) is 25.0 Å². The predicted octanol–water partition coefficient (Wildman–Crippen LogP) is 1.87. The minimum Gasteiger partial charge on any atom is -0.497 e. The zero-order valence-electron chi connectivity index (χ0n) is 12.1. The number of nitrogens with one attached hydrogen (secondary N) is 1. The van der Waals surface area contributed by atoms with Gasteiger partial charge in [-0.25, -0.2) is 0 Å². The van der Waals surface area contributed by atoms with Gasteiger partial charge < -0.3 is 20.3 Å². The number of hydrogen-bond donors (Lipinski definition) is 3. The summed E-state index contributed by atoms with van der Waals surface area (Å²) in [5.41, 5.74) is 0.848. The second kappa shape index (κ2) is 7.62. The first-order valence-corrected chi connectivity index (χ1v) is 7.41. The molecule has 0 saturated heterocycles. The van der Waals surface area contributed by atoms with Crippen LogP contribution in [0, 0.1) is 5.92 Å². The van der Waals surface area contributed by atoms with Crippen LogP contribution in [0.5, 0.6) is 5.75 Å². The molecule has 20 heavy (non-hydrogen) atoms. The first-order chi connectivity index (χ1) is 9.70. The highest BCUT2D eigenvalue weighted by molar-refractivity contribution is 5.29. The Morgan fingerprint density at radius 2 is 2.15 bits per heavy atom. The van der Waals surface area contributed by atoms with Gasteiger partial charge in [0.05, 0.1) is 19.3 Å².